The lowest BCUT2D eigenvalue weighted by Crippen LogP contribution is -2.22. The summed E-state index contributed by atoms with van der Waals surface area (Å²) in [6, 6.07) is 24.9. The van der Waals surface area contributed by atoms with Crippen molar-refractivity contribution in [1.82, 2.24) is 14.5 Å². The van der Waals surface area contributed by atoms with E-state index in [1.165, 1.54) is 5.56 Å². The van der Waals surface area contributed by atoms with E-state index in [0.29, 0.717) is 5.56 Å². The SMILES string of the molecule is CCN(CC)Cc1cccc(-c2cc(C#N)cc3ncn(-c4ccccc4)c23)c1. The molecule has 0 spiro atoms. The summed E-state index contributed by atoms with van der Waals surface area (Å²) in [6.45, 7) is 7.34. The Morgan fingerprint density at radius 2 is 1.76 bits per heavy atom. The van der Waals surface area contributed by atoms with Crippen LogP contribution in [0.25, 0.3) is 27.8 Å². The summed E-state index contributed by atoms with van der Waals surface area (Å²) in [7, 11) is 0. The molecule has 3 aromatic carbocycles. The minimum absolute atomic E-state index is 0.625. The van der Waals surface area contributed by atoms with Gasteiger partial charge >= 0.3 is 0 Å². The Morgan fingerprint density at radius 3 is 2.48 bits per heavy atom. The molecule has 0 amide bonds. The zero-order valence-corrected chi connectivity index (χ0v) is 16.8. The van der Waals surface area contributed by atoms with Crippen LogP contribution in [0.4, 0.5) is 0 Å². The summed E-state index contributed by atoms with van der Waals surface area (Å²) in [5, 5.41) is 9.54. The highest BCUT2D eigenvalue weighted by Gasteiger charge is 2.14. The zero-order valence-electron chi connectivity index (χ0n) is 16.8. The number of nitrogens with zero attached hydrogens (tertiary/aromatic N) is 4. The Labute approximate surface area is 171 Å². The predicted molar refractivity (Wildman–Crippen MR) is 118 cm³/mol. The highest BCUT2D eigenvalue weighted by molar-refractivity contribution is 5.94. The van der Waals surface area contributed by atoms with Crippen LogP contribution in [0.5, 0.6) is 0 Å². The van der Waals surface area contributed by atoms with Crippen molar-refractivity contribution in [3.05, 3.63) is 84.2 Å². The summed E-state index contributed by atoms with van der Waals surface area (Å²) < 4.78 is 2.10. The van der Waals surface area contributed by atoms with E-state index >= 15 is 0 Å². The molecule has 0 aliphatic rings. The standard InChI is InChI=1S/C25H24N4/c1-3-28(4-2)17-19-9-8-10-21(13-19)23-14-20(16-26)15-24-25(23)29(18-27-24)22-11-6-5-7-12-22/h5-15,18H,3-4,17H2,1-2H3. The lowest BCUT2D eigenvalue weighted by Gasteiger charge is -2.18. The number of aromatic nitrogens is 2. The molecule has 4 nitrogen and oxygen atoms in total. The van der Waals surface area contributed by atoms with Crippen LogP contribution >= 0.6 is 0 Å². The second-order valence-electron chi connectivity index (χ2n) is 7.12. The van der Waals surface area contributed by atoms with Gasteiger partial charge in [0.05, 0.1) is 22.7 Å². The Bertz CT molecular complexity index is 1160. The Balaban J connectivity index is 1.89. The van der Waals surface area contributed by atoms with E-state index in [1.807, 2.05) is 36.7 Å². The quantitative estimate of drug-likeness (QED) is 0.449. The zero-order chi connectivity index (χ0) is 20.2. The van der Waals surface area contributed by atoms with Gasteiger partial charge in [0.2, 0.25) is 0 Å². The number of hydrogen-bond acceptors (Lipinski definition) is 3. The maximum absolute atomic E-state index is 9.54. The van der Waals surface area contributed by atoms with Crippen molar-refractivity contribution in [2.45, 2.75) is 20.4 Å². The second kappa shape index (κ2) is 8.30. The average Bonchev–Trinajstić information content (AvgIpc) is 3.21. The van der Waals surface area contributed by atoms with Crippen molar-refractivity contribution in [2.75, 3.05) is 13.1 Å². The van der Waals surface area contributed by atoms with Gasteiger partial charge in [-0.1, -0.05) is 50.2 Å². The summed E-state index contributed by atoms with van der Waals surface area (Å²) in [6.07, 6.45) is 1.84. The molecular weight excluding hydrogens is 356 g/mol. The van der Waals surface area contributed by atoms with Crippen molar-refractivity contribution in [3.8, 4) is 22.9 Å². The molecule has 4 heteroatoms. The number of fused-ring (bicyclic) bond motifs is 1. The van der Waals surface area contributed by atoms with E-state index < -0.39 is 0 Å². The van der Waals surface area contributed by atoms with Crippen LogP contribution in [0.2, 0.25) is 0 Å². The maximum Gasteiger partial charge on any atom is 0.100 e. The second-order valence-corrected chi connectivity index (χ2v) is 7.12. The number of imidazole rings is 1. The third kappa shape index (κ3) is 3.78. The Hall–Kier alpha value is -3.42. The van der Waals surface area contributed by atoms with E-state index in [2.05, 4.69) is 70.8 Å². The first-order chi connectivity index (χ1) is 14.2. The van der Waals surface area contributed by atoms with Crippen LogP contribution in [0, 0.1) is 11.3 Å². The van der Waals surface area contributed by atoms with Crippen molar-refractivity contribution in [1.29, 1.82) is 5.26 Å². The van der Waals surface area contributed by atoms with Gasteiger partial charge in [0.25, 0.3) is 0 Å². The molecule has 0 saturated heterocycles. The van der Waals surface area contributed by atoms with Crippen molar-refractivity contribution >= 4 is 11.0 Å². The molecule has 1 heterocycles. The van der Waals surface area contributed by atoms with Gasteiger partial charge in [0, 0.05) is 17.8 Å². The smallest absolute Gasteiger partial charge is 0.100 e. The maximum atomic E-state index is 9.54. The molecule has 144 valence electrons. The van der Waals surface area contributed by atoms with Gasteiger partial charge in [0.15, 0.2) is 0 Å². The van der Waals surface area contributed by atoms with Gasteiger partial charge in [-0.15, -0.1) is 0 Å². The minimum Gasteiger partial charge on any atom is -0.300 e. The summed E-state index contributed by atoms with van der Waals surface area (Å²) >= 11 is 0. The molecule has 0 radical (unpaired) electrons. The molecule has 4 aromatic rings. The van der Waals surface area contributed by atoms with E-state index in [1.54, 1.807) is 0 Å². The summed E-state index contributed by atoms with van der Waals surface area (Å²) in [5.74, 6) is 0. The Morgan fingerprint density at radius 1 is 0.966 bits per heavy atom. The molecular formula is C25H24N4. The van der Waals surface area contributed by atoms with Gasteiger partial charge in [0.1, 0.15) is 6.33 Å². The van der Waals surface area contributed by atoms with Gasteiger partial charge in [-0.3, -0.25) is 9.47 Å². The largest absolute Gasteiger partial charge is 0.300 e. The first-order valence-corrected chi connectivity index (χ1v) is 10.0. The summed E-state index contributed by atoms with van der Waals surface area (Å²) in [5.41, 5.74) is 6.94. The van der Waals surface area contributed by atoms with Crippen molar-refractivity contribution in [2.24, 2.45) is 0 Å². The van der Waals surface area contributed by atoms with Gasteiger partial charge in [-0.2, -0.15) is 5.26 Å². The molecule has 0 saturated carbocycles. The third-order valence-electron chi connectivity index (χ3n) is 5.35. The monoisotopic (exact) mass is 380 g/mol. The van der Waals surface area contributed by atoms with Crippen molar-refractivity contribution < 1.29 is 0 Å². The third-order valence-corrected chi connectivity index (χ3v) is 5.35. The van der Waals surface area contributed by atoms with Crippen LogP contribution in [0.3, 0.4) is 0 Å². The average molecular weight is 380 g/mol. The van der Waals surface area contributed by atoms with E-state index in [4.69, 9.17) is 0 Å². The molecule has 0 fully saturated rings. The van der Waals surface area contributed by atoms with Gasteiger partial charge < -0.3 is 0 Å². The predicted octanol–water partition coefficient (Wildman–Crippen LogP) is 5.41. The van der Waals surface area contributed by atoms with E-state index in [9.17, 15) is 5.26 Å². The number of hydrogen-bond donors (Lipinski definition) is 0. The van der Waals surface area contributed by atoms with Crippen LogP contribution < -0.4 is 0 Å². The topological polar surface area (TPSA) is 44.9 Å². The molecule has 0 N–H and O–H groups in total. The number of nitriles is 1. The fraction of sp³-hybridized carbons (Fsp3) is 0.200. The van der Waals surface area contributed by atoms with Gasteiger partial charge in [-0.25, -0.2) is 4.98 Å². The van der Waals surface area contributed by atoms with Crippen LogP contribution in [0.1, 0.15) is 25.0 Å². The highest BCUT2D eigenvalue weighted by Crippen LogP contribution is 2.32. The number of rotatable bonds is 6. The fourth-order valence-corrected chi connectivity index (χ4v) is 3.76. The lowest BCUT2D eigenvalue weighted by molar-refractivity contribution is 0.296. The molecule has 0 atom stereocenters. The van der Waals surface area contributed by atoms with E-state index in [0.717, 1.165) is 47.5 Å². The number of benzene rings is 3. The van der Waals surface area contributed by atoms with E-state index in [-0.39, 0.29) is 0 Å². The first-order valence-electron chi connectivity index (χ1n) is 10.0. The minimum atomic E-state index is 0.625. The molecule has 0 unspecified atom stereocenters. The first kappa shape index (κ1) is 18.9. The van der Waals surface area contributed by atoms with Crippen LogP contribution in [0.15, 0.2) is 73.1 Å². The molecule has 0 aliphatic heterocycles. The van der Waals surface area contributed by atoms with Gasteiger partial charge in [-0.05, 0) is 54.5 Å². The molecule has 4 rings (SSSR count). The highest BCUT2D eigenvalue weighted by atomic mass is 15.1. The lowest BCUT2D eigenvalue weighted by atomic mass is 9.99. The molecule has 29 heavy (non-hydrogen) atoms. The normalized spacial score (nSPS) is 11.1. The number of para-hydroxylation sites is 1. The summed E-state index contributed by atoms with van der Waals surface area (Å²) in [4.78, 5) is 6.99. The van der Waals surface area contributed by atoms with Crippen molar-refractivity contribution in [3.63, 3.8) is 0 Å². The molecule has 0 aliphatic carbocycles. The molecule has 1 aromatic heterocycles. The Kier molecular flexibility index (Phi) is 5.41. The fourth-order valence-electron chi connectivity index (χ4n) is 3.76. The van der Waals surface area contributed by atoms with Crippen LogP contribution in [-0.2, 0) is 6.54 Å². The van der Waals surface area contributed by atoms with Crippen LogP contribution in [-0.4, -0.2) is 27.5 Å². The molecule has 0 bridgehead atoms.